The summed E-state index contributed by atoms with van der Waals surface area (Å²) in [5.74, 6) is 1.89. The largest absolute Gasteiger partial charge is 0.497 e. The van der Waals surface area contributed by atoms with Crippen molar-refractivity contribution < 1.29 is 4.74 Å². The van der Waals surface area contributed by atoms with E-state index in [-0.39, 0.29) is 0 Å². The second-order valence-corrected chi connectivity index (χ2v) is 7.55. The van der Waals surface area contributed by atoms with E-state index in [9.17, 15) is 0 Å². The Kier molecular flexibility index (Phi) is 2.54. The van der Waals surface area contributed by atoms with Crippen LogP contribution in [0.2, 0.25) is 0 Å². The van der Waals surface area contributed by atoms with Gasteiger partial charge in [-0.2, -0.15) is 0 Å². The van der Waals surface area contributed by atoms with Crippen LogP contribution in [-0.4, -0.2) is 7.11 Å². The smallest absolute Gasteiger partial charge is 0.119 e. The van der Waals surface area contributed by atoms with Crippen LogP contribution in [0.15, 0.2) is 42.0 Å². The molecule has 0 radical (unpaired) electrons. The molecule has 1 fully saturated rings. The van der Waals surface area contributed by atoms with Crippen molar-refractivity contribution in [3.05, 3.63) is 53.1 Å². The van der Waals surface area contributed by atoms with Crippen LogP contribution in [0.25, 0.3) is 10.8 Å². The monoisotopic (exact) mass is 290 g/mol. The molecular formula is C21H22O. The highest BCUT2D eigenvalue weighted by molar-refractivity contribution is 5.85. The van der Waals surface area contributed by atoms with Gasteiger partial charge < -0.3 is 4.74 Å². The molecule has 3 aliphatic rings. The van der Waals surface area contributed by atoms with Gasteiger partial charge in [-0.15, -0.1) is 0 Å². The third kappa shape index (κ3) is 1.71. The van der Waals surface area contributed by atoms with Crippen molar-refractivity contribution in [3.8, 4) is 5.75 Å². The molecule has 2 bridgehead atoms. The Bertz CT molecular complexity index is 801. The van der Waals surface area contributed by atoms with Gasteiger partial charge in [0.2, 0.25) is 0 Å². The number of aryl methyl sites for hydroxylation is 1. The first-order chi connectivity index (χ1) is 10.8. The zero-order valence-corrected chi connectivity index (χ0v) is 13.2. The molecule has 0 amide bonds. The topological polar surface area (TPSA) is 9.23 Å². The number of fused-ring (bicyclic) bond motifs is 5. The highest BCUT2D eigenvalue weighted by Crippen LogP contribution is 2.58. The molecular weight excluding hydrogens is 268 g/mol. The maximum Gasteiger partial charge on any atom is 0.119 e. The SMILES string of the molecule is COc1ccc2cc3c(cc2c1)CC1(CC3)CC2=CCC1C2. The van der Waals surface area contributed by atoms with Crippen molar-refractivity contribution in [1.29, 1.82) is 0 Å². The molecule has 0 saturated heterocycles. The molecule has 2 aromatic rings. The molecule has 1 saturated carbocycles. The fraction of sp³-hybridized carbons (Fsp3) is 0.429. The fourth-order valence-electron chi connectivity index (χ4n) is 5.24. The molecule has 0 aromatic heterocycles. The van der Waals surface area contributed by atoms with Crippen molar-refractivity contribution >= 4 is 10.8 Å². The average molecular weight is 290 g/mol. The Hall–Kier alpha value is -1.76. The van der Waals surface area contributed by atoms with Crippen LogP contribution < -0.4 is 4.74 Å². The van der Waals surface area contributed by atoms with E-state index in [4.69, 9.17) is 4.74 Å². The van der Waals surface area contributed by atoms with E-state index in [1.54, 1.807) is 23.8 Å². The highest BCUT2D eigenvalue weighted by Gasteiger charge is 2.48. The number of hydrogen-bond acceptors (Lipinski definition) is 1. The summed E-state index contributed by atoms with van der Waals surface area (Å²) in [6, 6.07) is 11.3. The first kappa shape index (κ1) is 12.8. The summed E-state index contributed by atoms with van der Waals surface area (Å²) in [4.78, 5) is 0. The Morgan fingerprint density at radius 1 is 1.05 bits per heavy atom. The number of rotatable bonds is 1. The molecule has 0 aliphatic heterocycles. The Balaban J connectivity index is 1.59. The molecule has 2 atom stereocenters. The van der Waals surface area contributed by atoms with Gasteiger partial charge in [-0.1, -0.05) is 29.8 Å². The van der Waals surface area contributed by atoms with Gasteiger partial charge in [0.1, 0.15) is 5.75 Å². The van der Waals surface area contributed by atoms with Crippen molar-refractivity contribution in [2.75, 3.05) is 7.11 Å². The van der Waals surface area contributed by atoms with E-state index >= 15 is 0 Å². The molecule has 1 spiro atoms. The van der Waals surface area contributed by atoms with Gasteiger partial charge >= 0.3 is 0 Å². The summed E-state index contributed by atoms with van der Waals surface area (Å²) < 4.78 is 5.39. The summed E-state index contributed by atoms with van der Waals surface area (Å²) in [5.41, 5.74) is 5.51. The summed E-state index contributed by atoms with van der Waals surface area (Å²) in [6.45, 7) is 0. The van der Waals surface area contributed by atoms with E-state index in [2.05, 4.69) is 36.4 Å². The number of methoxy groups -OCH3 is 1. The molecule has 1 heteroatoms. The Morgan fingerprint density at radius 3 is 2.73 bits per heavy atom. The molecule has 1 nitrogen and oxygen atoms in total. The minimum Gasteiger partial charge on any atom is -0.497 e. The summed E-state index contributed by atoms with van der Waals surface area (Å²) in [5, 5.41) is 2.68. The molecule has 22 heavy (non-hydrogen) atoms. The molecule has 0 N–H and O–H groups in total. The van der Waals surface area contributed by atoms with Crippen molar-refractivity contribution in [3.63, 3.8) is 0 Å². The van der Waals surface area contributed by atoms with Gasteiger partial charge in [0, 0.05) is 0 Å². The zero-order valence-electron chi connectivity index (χ0n) is 13.2. The van der Waals surface area contributed by atoms with E-state index in [0.717, 1.165) is 11.7 Å². The van der Waals surface area contributed by atoms with Crippen molar-refractivity contribution in [1.82, 2.24) is 0 Å². The van der Waals surface area contributed by atoms with E-state index in [0.29, 0.717) is 5.41 Å². The van der Waals surface area contributed by atoms with Gasteiger partial charge in [-0.05, 0) is 83.9 Å². The fourth-order valence-corrected chi connectivity index (χ4v) is 5.24. The Labute approximate surface area is 132 Å². The van der Waals surface area contributed by atoms with Gasteiger partial charge in [0.15, 0.2) is 0 Å². The van der Waals surface area contributed by atoms with E-state index < -0.39 is 0 Å². The third-order valence-corrected chi connectivity index (χ3v) is 6.45. The van der Waals surface area contributed by atoms with Gasteiger partial charge in [-0.3, -0.25) is 0 Å². The van der Waals surface area contributed by atoms with Crippen molar-refractivity contribution in [2.24, 2.45) is 11.3 Å². The lowest BCUT2D eigenvalue weighted by Gasteiger charge is -2.40. The normalized spacial score (nSPS) is 29.0. The minimum atomic E-state index is 0.587. The van der Waals surface area contributed by atoms with Crippen LogP contribution >= 0.6 is 0 Å². The standard InChI is InChI=1S/C21H22O/c1-22-20-5-3-15-9-16-6-7-21(12-14-2-4-19(21)8-14)13-18(16)10-17(15)11-20/h2-3,5,9-11,19H,4,6-8,12-13H2,1H3. The van der Waals surface area contributed by atoms with Crippen LogP contribution in [0.1, 0.15) is 36.8 Å². The van der Waals surface area contributed by atoms with Crippen LogP contribution in [0.4, 0.5) is 0 Å². The Morgan fingerprint density at radius 2 is 1.95 bits per heavy atom. The summed E-state index contributed by atoms with van der Waals surface area (Å²) in [6.07, 6.45) is 10.6. The van der Waals surface area contributed by atoms with Gasteiger partial charge in [-0.25, -0.2) is 0 Å². The van der Waals surface area contributed by atoms with E-state index in [1.807, 2.05) is 0 Å². The van der Waals surface area contributed by atoms with E-state index in [1.165, 1.54) is 49.3 Å². The van der Waals surface area contributed by atoms with Crippen LogP contribution in [0, 0.1) is 11.3 Å². The second kappa shape index (κ2) is 4.38. The van der Waals surface area contributed by atoms with Gasteiger partial charge in [0.25, 0.3) is 0 Å². The molecule has 3 aliphatic carbocycles. The lowest BCUT2D eigenvalue weighted by atomic mass is 9.64. The second-order valence-electron chi connectivity index (χ2n) is 7.55. The summed E-state index contributed by atoms with van der Waals surface area (Å²) in [7, 11) is 1.75. The number of allylic oxidation sites excluding steroid dienone is 2. The lowest BCUT2D eigenvalue weighted by Crippen LogP contribution is -2.33. The number of ether oxygens (including phenoxy) is 1. The lowest BCUT2D eigenvalue weighted by molar-refractivity contribution is 0.169. The molecule has 2 unspecified atom stereocenters. The van der Waals surface area contributed by atoms with Crippen LogP contribution in [-0.2, 0) is 12.8 Å². The molecule has 5 rings (SSSR count). The number of benzene rings is 2. The number of hydrogen-bond donors (Lipinski definition) is 0. The van der Waals surface area contributed by atoms with Gasteiger partial charge in [0.05, 0.1) is 7.11 Å². The zero-order chi connectivity index (χ0) is 14.7. The third-order valence-electron chi connectivity index (χ3n) is 6.45. The highest BCUT2D eigenvalue weighted by atomic mass is 16.5. The first-order valence-electron chi connectivity index (χ1n) is 8.53. The predicted molar refractivity (Wildman–Crippen MR) is 90.4 cm³/mol. The molecule has 2 aromatic carbocycles. The predicted octanol–water partition coefficient (Wildman–Crippen LogP) is 5.06. The maximum atomic E-state index is 5.39. The van der Waals surface area contributed by atoms with Crippen molar-refractivity contribution in [2.45, 2.75) is 38.5 Å². The van der Waals surface area contributed by atoms with Crippen LogP contribution in [0.3, 0.4) is 0 Å². The average Bonchev–Trinajstić information content (AvgIpc) is 3.13. The maximum absolute atomic E-state index is 5.39. The molecule has 0 heterocycles. The van der Waals surface area contributed by atoms with Crippen LogP contribution in [0.5, 0.6) is 5.75 Å². The molecule has 112 valence electrons. The quantitative estimate of drug-likeness (QED) is 0.667. The minimum absolute atomic E-state index is 0.587. The first-order valence-corrected chi connectivity index (χ1v) is 8.53. The summed E-state index contributed by atoms with van der Waals surface area (Å²) >= 11 is 0.